The van der Waals surface area contributed by atoms with Gasteiger partial charge in [-0.25, -0.2) is 0 Å². The Morgan fingerprint density at radius 3 is 2.32 bits per heavy atom. The fourth-order valence-electron chi connectivity index (χ4n) is 1.88. The SMILES string of the molecule is CC(NC(=O)CC1(C)Oc2ccccc2O1)N(C)C. The van der Waals surface area contributed by atoms with Crippen molar-refractivity contribution >= 4 is 5.91 Å². The minimum absolute atomic E-state index is 0.0279. The maximum Gasteiger partial charge on any atom is 0.257 e. The number of hydrogen-bond donors (Lipinski definition) is 1. The molecule has 19 heavy (non-hydrogen) atoms. The van der Waals surface area contributed by atoms with Crippen LogP contribution in [0.3, 0.4) is 0 Å². The van der Waals surface area contributed by atoms with Crippen LogP contribution in [-0.4, -0.2) is 36.9 Å². The van der Waals surface area contributed by atoms with E-state index in [2.05, 4.69) is 5.32 Å². The molecule has 1 unspecified atom stereocenters. The fraction of sp³-hybridized carbons (Fsp3) is 0.500. The van der Waals surface area contributed by atoms with Crippen LogP contribution < -0.4 is 14.8 Å². The molecule has 1 aromatic carbocycles. The molecule has 1 aromatic rings. The van der Waals surface area contributed by atoms with Crippen molar-refractivity contribution in [1.29, 1.82) is 0 Å². The molecule has 1 aliphatic rings. The predicted molar refractivity (Wildman–Crippen MR) is 72.0 cm³/mol. The summed E-state index contributed by atoms with van der Waals surface area (Å²) in [7, 11) is 3.82. The summed E-state index contributed by atoms with van der Waals surface area (Å²) in [4.78, 5) is 13.9. The first-order valence-electron chi connectivity index (χ1n) is 6.32. The second kappa shape index (κ2) is 5.09. The minimum atomic E-state index is -0.931. The molecule has 0 bridgehead atoms. The van der Waals surface area contributed by atoms with Gasteiger partial charge >= 0.3 is 0 Å². The number of para-hydroxylation sites is 2. The molecule has 0 saturated heterocycles. The first-order chi connectivity index (χ1) is 8.89. The molecular weight excluding hydrogens is 244 g/mol. The zero-order valence-corrected chi connectivity index (χ0v) is 11.8. The van der Waals surface area contributed by atoms with Crippen molar-refractivity contribution in [3.05, 3.63) is 24.3 Å². The average molecular weight is 264 g/mol. The van der Waals surface area contributed by atoms with Crippen molar-refractivity contribution in [2.45, 2.75) is 32.2 Å². The Bertz CT molecular complexity index is 449. The van der Waals surface area contributed by atoms with Gasteiger partial charge in [0.15, 0.2) is 11.5 Å². The molecule has 5 heteroatoms. The molecule has 1 heterocycles. The van der Waals surface area contributed by atoms with Gasteiger partial charge in [-0.05, 0) is 33.2 Å². The molecule has 0 saturated carbocycles. The van der Waals surface area contributed by atoms with Crippen LogP contribution in [-0.2, 0) is 4.79 Å². The van der Waals surface area contributed by atoms with Gasteiger partial charge in [0.05, 0.1) is 6.17 Å². The minimum Gasteiger partial charge on any atom is -0.448 e. The van der Waals surface area contributed by atoms with Crippen LogP contribution in [0.1, 0.15) is 20.3 Å². The number of rotatable bonds is 4. The Balaban J connectivity index is 1.96. The number of nitrogens with one attached hydrogen (secondary N) is 1. The van der Waals surface area contributed by atoms with Crippen molar-refractivity contribution < 1.29 is 14.3 Å². The van der Waals surface area contributed by atoms with Gasteiger partial charge in [0.1, 0.15) is 6.42 Å². The third-order valence-corrected chi connectivity index (χ3v) is 3.13. The number of carbonyl (C=O) groups is 1. The second-order valence-electron chi connectivity index (χ2n) is 5.17. The lowest BCUT2D eigenvalue weighted by atomic mass is 10.2. The van der Waals surface area contributed by atoms with E-state index >= 15 is 0 Å². The van der Waals surface area contributed by atoms with Crippen molar-refractivity contribution in [3.8, 4) is 11.5 Å². The molecule has 1 aliphatic heterocycles. The summed E-state index contributed by atoms with van der Waals surface area (Å²) in [5.74, 6) is 0.327. The van der Waals surface area contributed by atoms with E-state index in [9.17, 15) is 4.79 Å². The average Bonchev–Trinajstić information content (AvgIpc) is 2.63. The zero-order chi connectivity index (χ0) is 14.0. The molecule has 5 nitrogen and oxygen atoms in total. The second-order valence-corrected chi connectivity index (χ2v) is 5.17. The van der Waals surface area contributed by atoms with Crippen molar-refractivity contribution in [3.63, 3.8) is 0 Å². The number of ether oxygens (including phenoxy) is 2. The number of benzene rings is 1. The van der Waals surface area contributed by atoms with E-state index in [1.54, 1.807) is 6.92 Å². The van der Waals surface area contributed by atoms with Crippen LogP contribution >= 0.6 is 0 Å². The maximum absolute atomic E-state index is 12.0. The molecule has 0 aliphatic carbocycles. The van der Waals surface area contributed by atoms with Gasteiger partial charge in [-0.2, -0.15) is 0 Å². The summed E-state index contributed by atoms with van der Waals surface area (Å²) in [5.41, 5.74) is 0. The van der Waals surface area contributed by atoms with Gasteiger partial charge in [0, 0.05) is 6.92 Å². The summed E-state index contributed by atoms with van der Waals surface area (Å²) < 4.78 is 11.4. The largest absolute Gasteiger partial charge is 0.448 e. The standard InChI is InChI=1S/C14H20N2O3/c1-10(16(3)4)15-13(17)9-14(2)18-11-7-5-6-8-12(11)19-14/h5-8,10H,9H2,1-4H3,(H,15,17). The van der Waals surface area contributed by atoms with Crippen LogP contribution in [0.4, 0.5) is 0 Å². The normalized spacial score (nSPS) is 17.3. The lowest BCUT2D eigenvalue weighted by Gasteiger charge is -2.25. The molecule has 0 fully saturated rings. The van der Waals surface area contributed by atoms with E-state index < -0.39 is 5.79 Å². The molecular formula is C14H20N2O3. The fourth-order valence-corrected chi connectivity index (χ4v) is 1.88. The van der Waals surface area contributed by atoms with Crippen LogP contribution in [0.15, 0.2) is 24.3 Å². The highest BCUT2D eigenvalue weighted by atomic mass is 16.7. The third kappa shape index (κ3) is 3.17. The lowest BCUT2D eigenvalue weighted by Crippen LogP contribution is -2.47. The molecule has 2 rings (SSSR count). The monoisotopic (exact) mass is 264 g/mol. The summed E-state index contributed by atoms with van der Waals surface area (Å²) in [6.45, 7) is 3.69. The van der Waals surface area contributed by atoms with E-state index in [1.165, 1.54) is 0 Å². The molecule has 104 valence electrons. The van der Waals surface area contributed by atoms with E-state index in [0.717, 1.165) is 0 Å². The molecule has 1 amide bonds. The molecule has 0 radical (unpaired) electrons. The Morgan fingerprint density at radius 1 is 1.32 bits per heavy atom. The lowest BCUT2D eigenvalue weighted by molar-refractivity contribution is -0.135. The van der Waals surface area contributed by atoms with Gasteiger partial charge in [-0.15, -0.1) is 0 Å². The van der Waals surface area contributed by atoms with E-state index in [1.807, 2.05) is 50.2 Å². The van der Waals surface area contributed by atoms with Crippen molar-refractivity contribution in [2.75, 3.05) is 14.1 Å². The first-order valence-corrected chi connectivity index (χ1v) is 6.32. The smallest absolute Gasteiger partial charge is 0.257 e. The first kappa shape index (κ1) is 13.7. The topological polar surface area (TPSA) is 50.8 Å². The molecule has 1 N–H and O–H groups in total. The third-order valence-electron chi connectivity index (χ3n) is 3.13. The zero-order valence-electron chi connectivity index (χ0n) is 11.8. The molecule has 1 atom stereocenters. The van der Waals surface area contributed by atoms with Gasteiger partial charge in [-0.1, -0.05) is 12.1 Å². The summed E-state index contributed by atoms with van der Waals surface area (Å²) >= 11 is 0. The Labute approximate surface area is 113 Å². The van der Waals surface area contributed by atoms with E-state index in [0.29, 0.717) is 11.5 Å². The van der Waals surface area contributed by atoms with E-state index in [4.69, 9.17) is 9.47 Å². The maximum atomic E-state index is 12.0. The van der Waals surface area contributed by atoms with Crippen molar-refractivity contribution in [1.82, 2.24) is 10.2 Å². The number of hydrogen-bond acceptors (Lipinski definition) is 4. The Morgan fingerprint density at radius 2 is 1.84 bits per heavy atom. The quantitative estimate of drug-likeness (QED) is 0.839. The van der Waals surface area contributed by atoms with Crippen molar-refractivity contribution in [2.24, 2.45) is 0 Å². The Kier molecular flexibility index (Phi) is 3.66. The highest BCUT2D eigenvalue weighted by Crippen LogP contribution is 2.40. The van der Waals surface area contributed by atoms with E-state index in [-0.39, 0.29) is 18.5 Å². The predicted octanol–water partition coefficient (Wildman–Crippen LogP) is 1.59. The number of carbonyl (C=O) groups excluding carboxylic acids is 1. The van der Waals surface area contributed by atoms with Gasteiger partial charge in [-0.3, -0.25) is 9.69 Å². The van der Waals surface area contributed by atoms with Gasteiger partial charge in [0.25, 0.3) is 5.79 Å². The number of fused-ring (bicyclic) bond motifs is 1. The summed E-state index contributed by atoms with van der Waals surface area (Å²) in [5, 5.41) is 2.89. The molecule has 0 aromatic heterocycles. The highest BCUT2D eigenvalue weighted by Gasteiger charge is 2.38. The highest BCUT2D eigenvalue weighted by molar-refractivity contribution is 5.77. The van der Waals surface area contributed by atoms with Gasteiger partial charge < -0.3 is 14.8 Å². The number of amides is 1. The van der Waals surface area contributed by atoms with Gasteiger partial charge in [0.2, 0.25) is 5.91 Å². The van der Waals surface area contributed by atoms with Crippen LogP contribution in [0.5, 0.6) is 11.5 Å². The summed E-state index contributed by atoms with van der Waals surface area (Å²) in [6.07, 6.45) is 0.125. The summed E-state index contributed by atoms with van der Waals surface area (Å²) in [6, 6.07) is 7.42. The number of nitrogens with zero attached hydrogens (tertiary/aromatic N) is 1. The van der Waals surface area contributed by atoms with Crippen LogP contribution in [0.2, 0.25) is 0 Å². The molecule has 0 spiro atoms. The Hall–Kier alpha value is -1.75. The van der Waals surface area contributed by atoms with Crippen LogP contribution in [0, 0.1) is 0 Å². The van der Waals surface area contributed by atoms with Crippen LogP contribution in [0.25, 0.3) is 0 Å².